The number of aromatic nitrogens is 1. The Hall–Kier alpha value is -2.41. The molecule has 0 saturated carbocycles. The summed E-state index contributed by atoms with van der Waals surface area (Å²) >= 11 is 1.30. The molecule has 0 saturated heterocycles. The van der Waals surface area contributed by atoms with Gasteiger partial charge in [0.2, 0.25) is 5.91 Å². The molecule has 0 atom stereocenters. The highest BCUT2D eigenvalue weighted by Gasteiger charge is 2.16. The number of likely N-dealkylation sites (N-methyl/N-ethyl adjacent to an activating group) is 1. The number of rotatable bonds is 6. The van der Waals surface area contributed by atoms with Gasteiger partial charge in [-0.05, 0) is 38.1 Å². The van der Waals surface area contributed by atoms with E-state index in [-0.39, 0.29) is 18.4 Å². The van der Waals surface area contributed by atoms with Crippen molar-refractivity contribution in [3.05, 3.63) is 34.8 Å². The number of ether oxygens (including phenoxy) is 1. The molecule has 1 aromatic carbocycles. The van der Waals surface area contributed by atoms with Gasteiger partial charge in [0.15, 0.2) is 0 Å². The van der Waals surface area contributed by atoms with Crippen LogP contribution in [-0.2, 0) is 4.79 Å². The van der Waals surface area contributed by atoms with Crippen molar-refractivity contribution in [2.75, 3.05) is 20.2 Å². The summed E-state index contributed by atoms with van der Waals surface area (Å²) in [6, 6.07) is 7.49. The van der Waals surface area contributed by atoms with Crippen LogP contribution in [0.4, 0.5) is 0 Å². The van der Waals surface area contributed by atoms with Gasteiger partial charge in [0.05, 0.1) is 19.3 Å². The molecule has 2 rings (SSSR count). The maximum Gasteiger partial charge on any atom is 0.263 e. The number of thiazole rings is 1. The average Bonchev–Trinajstić information content (AvgIpc) is 2.95. The van der Waals surface area contributed by atoms with Crippen molar-refractivity contribution in [1.29, 1.82) is 0 Å². The molecule has 1 heterocycles. The van der Waals surface area contributed by atoms with E-state index in [2.05, 4.69) is 15.6 Å². The number of aryl methyl sites for hydroxylation is 1. The standard InChI is InChI=1S/C16H19N3O3S/c1-4-17-13(20)9-18-15(21)14-10(2)19-16(23-14)11-5-7-12(22-3)8-6-11/h5-8H,4,9H2,1-3H3,(H,17,20)(H,18,21). The van der Waals surface area contributed by atoms with Crippen LogP contribution in [0.5, 0.6) is 5.75 Å². The second-order valence-corrected chi connectivity index (χ2v) is 5.80. The number of carbonyl (C=O) groups is 2. The van der Waals surface area contributed by atoms with E-state index in [0.717, 1.165) is 16.3 Å². The normalized spacial score (nSPS) is 10.2. The molecule has 0 aliphatic carbocycles. The van der Waals surface area contributed by atoms with Crippen LogP contribution in [0.25, 0.3) is 10.6 Å². The van der Waals surface area contributed by atoms with E-state index in [4.69, 9.17) is 4.74 Å². The first-order valence-electron chi connectivity index (χ1n) is 7.22. The minimum atomic E-state index is -0.286. The molecule has 0 aliphatic heterocycles. The second-order valence-electron chi connectivity index (χ2n) is 4.80. The largest absolute Gasteiger partial charge is 0.497 e. The van der Waals surface area contributed by atoms with Crippen LogP contribution in [0.3, 0.4) is 0 Å². The molecule has 2 N–H and O–H groups in total. The molecule has 0 aliphatic rings. The monoisotopic (exact) mass is 333 g/mol. The molecule has 0 radical (unpaired) electrons. The zero-order chi connectivity index (χ0) is 16.8. The van der Waals surface area contributed by atoms with E-state index in [1.54, 1.807) is 14.0 Å². The van der Waals surface area contributed by atoms with E-state index in [9.17, 15) is 9.59 Å². The Labute approximate surface area is 138 Å². The van der Waals surface area contributed by atoms with Crippen molar-refractivity contribution in [2.24, 2.45) is 0 Å². The zero-order valence-corrected chi connectivity index (χ0v) is 14.1. The van der Waals surface area contributed by atoms with E-state index in [1.165, 1.54) is 11.3 Å². The van der Waals surface area contributed by atoms with Crippen molar-refractivity contribution in [1.82, 2.24) is 15.6 Å². The van der Waals surface area contributed by atoms with E-state index >= 15 is 0 Å². The lowest BCUT2D eigenvalue weighted by molar-refractivity contribution is -0.120. The smallest absolute Gasteiger partial charge is 0.263 e. The Morgan fingerprint density at radius 1 is 1.22 bits per heavy atom. The first kappa shape index (κ1) is 17.0. The van der Waals surface area contributed by atoms with Gasteiger partial charge in [0.1, 0.15) is 15.6 Å². The molecule has 1 aromatic heterocycles. The molecule has 2 aromatic rings. The lowest BCUT2D eigenvalue weighted by atomic mass is 10.2. The van der Waals surface area contributed by atoms with Gasteiger partial charge in [-0.1, -0.05) is 0 Å². The number of carbonyl (C=O) groups excluding carboxylic acids is 2. The number of benzene rings is 1. The van der Waals surface area contributed by atoms with E-state index in [1.807, 2.05) is 31.2 Å². The molecule has 6 nitrogen and oxygen atoms in total. The minimum Gasteiger partial charge on any atom is -0.497 e. The Morgan fingerprint density at radius 3 is 2.52 bits per heavy atom. The van der Waals surface area contributed by atoms with Crippen LogP contribution in [0.2, 0.25) is 0 Å². The second kappa shape index (κ2) is 7.73. The average molecular weight is 333 g/mol. The summed E-state index contributed by atoms with van der Waals surface area (Å²) < 4.78 is 5.13. The summed E-state index contributed by atoms with van der Waals surface area (Å²) in [6.45, 7) is 4.11. The van der Waals surface area contributed by atoms with Crippen LogP contribution in [0.1, 0.15) is 22.3 Å². The molecule has 2 amide bonds. The number of hydrogen-bond acceptors (Lipinski definition) is 5. The molecule has 0 fully saturated rings. The van der Waals surface area contributed by atoms with Crippen LogP contribution in [0.15, 0.2) is 24.3 Å². The van der Waals surface area contributed by atoms with E-state index in [0.29, 0.717) is 17.1 Å². The number of amides is 2. The Balaban J connectivity index is 2.10. The molecular weight excluding hydrogens is 314 g/mol. The van der Waals surface area contributed by atoms with Gasteiger partial charge in [0.25, 0.3) is 5.91 Å². The topological polar surface area (TPSA) is 80.3 Å². The third kappa shape index (κ3) is 4.29. The van der Waals surface area contributed by atoms with Gasteiger partial charge >= 0.3 is 0 Å². The van der Waals surface area contributed by atoms with Gasteiger partial charge in [-0.25, -0.2) is 4.98 Å². The molecule has 0 unspecified atom stereocenters. The number of nitrogens with zero attached hydrogens (tertiary/aromatic N) is 1. The van der Waals surface area contributed by atoms with Crippen LogP contribution >= 0.6 is 11.3 Å². The fraction of sp³-hybridized carbons (Fsp3) is 0.312. The Bertz CT molecular complexity index is 695. The Morgan fingerprint density at radius 2 is 1.91 bits per heavy atom. The SMILES string of the molecule is CCNC(=O)CNC(=O)c1sc(-c2ccc(OC)cc2)nc1C. The van der Waals surface area contributed by atoms with Gasteiger partial charge in [-0.2, -0.15) is 0 Å². The predicted molar refractivity (Wildman–Crippen MR) is 89.9 cm³/mol. The van der Waals surface area contributed by atoms with Crippen molar-refractivity contribution in [2.45, 2.75) is 13.8 Å². The first-order valence-corrected chi connectivity index (χ1v) is 8.03. The molecule has 23 heavy (non-hydrogen) atoms. The fourth-order valence-electron chi connectivity index (χ4n) is 1.96. The van der Waals surface area contributed by atoms with Crippen LogP contribution < -0.4 is 15.4 Å². The Kier molecular flexibility index (Phi) is 5.70. The number of methoxy groups -OCH3 is 1. The molecule has 7 heteroatoms. The molecular formula is C16H19N3O3S. The molecule has 122 valence electrons. The van der Waals surface area contributed by atoms with Crippen LogP contribution in [-0.4, -0.2) is 37.0 Å². The number of hydrogen-bond donors (Lipinski definition) is 2. The van der Waals surface area contributed by atoms with Gasteiger partial charge in [-0.15, -0.1) is 11.3 Å². The number of nitrogens with one attached hydrogen (secondary N) is 2. The quantitative estimate of drug-likeness (QED) is 0.847. The highest BCUT2D eigenvalue weighted by molar-refractivity contribution is 7.17. The first-order chi connectivity index (χ1) is 11.0. The minimum absolute atomic E-state index is 0.0398. The maximum absolute atomic E-state index is 12.2. The molecule has 0 bridgehead atoms. The molecule has 0 spiro atoms. The summed E-state index contributed by atoms with van der Waals surface area (Å²) in [4.78, 5) is 28.5. The van der Waals surface area contributed by atoms with Gasteiger partial charge in [0, 0.05) is 12.1 Å². The maximum atomic E-state index is 12.2. The van der Waals surface area contributed by atoms with Crippen LogP contribution in [0, 0.1) is 6.92 Å². The third-order valence-corrected chi connectivity index (χ3v) is 4.33. The summed E-state index contributed by atoms with van der Waals surface area (Å²) in [5, 5.41) is 6.00. The van der Waals surface area contributed by atoms with Gasteiger partial charge < -0.3 is 15.4 Å². The fourth-order valence-corrected chi connectivity index (χ4v) is 2.95. The van der Waals surface area contributed by atoms with Crippen molar-refractivity contribution >= 4 is 23.2 Å². The van der Waals surface area contributed by atoms with Crippen molar-refractivity contribution < 1.29 is 14.3 Å². The van der Waals surface area contributed by atoms with Crippen molar-refractivity contribution in [3.8, 4) is 16.3 Å². The van der Waals surface area contributed by atoms with Crippen molar-refractivity contribution in [3.63, 3.8) is 0 Å². The highest BCUT2D eigenvalue weighted by atomic mass is 32.1. The summed E-state index contributed by atoms with van der Waals surface area (Å²) in [5.41, 5.74) is 1.57. The highest BCUT2D eigenvalue weighted by Crippen LogP contribution is 2.29. The summed E-state index contributed by atoms with van der Waals surface area (Å²) in [5.74, 6) is 0.270. The summed E-state index contributed by atoms with van der Waals surface area (Å²) in [7, 11) is 1.61. The lowest BCUT2D eigenvalue weighted by Crippen LogP contribution is -2.36. The third-order valence-electron chi connectivity index (χ3n) is 3.12. The van der Waals surface area contributed by atoms with E-state index < -0.39 is 0 Å². The predicted octanol–water partition coefficient (Wildman–Crippen LogP) is 1.99. The zero-order valence-electron chi connectivity index (χ0n) is 13.3. The van der Waals surface area contributed by atoms with Gasteiger partial charge in [-0.3, -0.25) is 9.59 Å². The summed E-state index contributed by atoms with van der Waals surface area (Å²) in [6.07, 6.45) is 0. The lowest BCUT2D eigenvalue weighted by Gasteiger charge is -2.03.